The van der Waals surface area contributed by atoms with E-state index < -0.39 is 0 Å². The van der Waals surface area contributed by atoms with Gasteiger partial charge in [0.1, 0.15) is 0 Å². The first kappa shape index (κ1) is 18.2. The largest absolute Gasteiger partial charge is 0.411 e. The number of aromatic nitrogens is 3. The minimum absolute atomic E-state index is 0.0503. The highest BCUT2D eigenvalue weighted by Gasteiger charge is 2.53. The van der Waals surface area contributed by atoms with Crippen LogP contribution >= 0.6 is 11.8 Å². The Bertz CT molecular complexity index is 818. The monoisotopic (exact) mass is 398 g/mol. The van der Waals surface area contributed by atoms with Crippen LogP contribution in [0.2, 0.25) is 0 Å². The first-order chi connectivity index (χ1) is 13.6. The van der Waals surface area contributed by atoms with Gasteiger partial charge >= 0.3 is 0 Å². The summed E-state index contributed by atoms with van der Waals surface area (Å²) in [6, 6.07) is 3.93. The van der Waals surface area contributed by atoms with Crippen LogP contribution in [0.15, 0.2) is 34.2 Å². The summed E-state index contributed by atoms with van der Waals surface area (Å²) in [7, 11) is 0. The second-order valence-corrected chi connectivity index (χ2v) is 9.90. The van der Waals surface area contributed by atoms with Crippen molar-refractivity contribution in [1.82, 2.24) is 20.5 Å². The molecule has 0 radical (unpaired) electrons. The van der Waals surface area contributed by atoms with Gasteiger partial charge in [-0.25, -0.2) is 0 Å². The highest BCUT2D eigenvalue weighted by atomic mass is 32.2. The normalized spacial score (nSPS) is 31.7. The Labute approximate surface area is 169 Å². The summed E-state index contributed by atoms with van der Waals surface area (Å²) in [6.45, 7) is 2.21. The van der Waals surface area contributed by atoms with Gasteiger partial charge in [0.15, 0.2) is 0 Å². The molecule has 0 saturated heterocycles. The summed E-state index contributed by atoms with van der Waals surface area (Å²) in [6.07, 6.45) is 11.5. The van der Waals surface area contributed by atoms with E-state index in [1.807, 2.05) is 12.1 Å². The van der Waals surface area contributed by atoms with Gasteiger partial charge in [0, 0.05) is 18.4 Å². The molecular formula is C21H26N4O2S. The maximum absolute atomic E-state index is 12.6. The van der Waals surface area contributed by atoms with Crippen LogP contribution in [-0.4, -0.2) is 32.9 Å². The molecule has 4 bridgehead atoms. The molecule has 1 atom stereocenters. The number of thioether (sulfide) groups is 1. The second-order valence-electron chi connectivity index (χ2n) is 8.97. The van der Waals surface area contributed by atoms with Crippen molar-refractivity contribution in [3.05, 3.63) is 24.5 Å². The molecule has 1 N–H and O–H groups in total. The van der Waals surface area contributed by atoms with Gasteiger partial charge in [0.25, 0.3) is 5.22 Å². The van der Waals surface area contributed by atoms with Gasteiger partial charge in [-0.15, -0.1) is 10.2 Å². The molecule has 4 saturated carbocycles. The lowest BCUT2D eigenvalue weighted by atomic mass is 9.48. The van der Waals surface area contributed by atoms with Crippen molar-refractivity contribution in [1.29, 1.82) is 0 Å². The standard InChI is InChI=1S/C21H26N4O2S/c1-13(21-8-14-5-15(9-21)7-16(6-14)10-21)23-18(26)12-28-20-25-24-19(27-20)17-3-2-4-22-11-17/h2-4,11,13-16H,5-10,12H2,1H3,(H,23,26)/t13-,14?,15?,16?,21?/m0/s1. The topological polar surface area (TPSA) is 80.9 Å². The number of carbonyl (C=O) groups is 1. The molecule has 4 fully saturated rings. The third-order valence-electron chi connectivity index (χ3n) is 7.02. The van der Waals surface area contributed by atoms with Crippen molar-refractivity contribution in [3.8, 4) is 11.5 Å². The summed E-state index contributed by atoms with van der Waals surface area (Å²) >= 11 is 1.29. The molecule has 0 aromatic carbocycles. The minimum atomic E-state index is 0.0503. The zero-order valence-electron chi connectivity index (χ0n) is 16.1. The van der Waals surface area contributed by atoms with Crippen LogP contribution in [0.3, 0.4) is 0 Å². The Morgan fingerprint density at radius 3 is 2.61 bits per heavy atom. The molecule has 2 aromatic rings. The molecule has 2 heterocycles. The fourth-order valence-corrected chi connectivity index (χ4v) is 6.72. The van der Waals surface area contributed by atoms with E-state index >= 15 is 0 Å². The number of hydrogen-bond donors (Lipinski definition) is 1. The Balaban J connectivity index is 1.17. The van der Waals surface area contributed by atoms with E-state index in [1.54, 1.807) is 12.4 Å². The fraction of sp³-hybridized carbons (Fsp3) is 0.619. The summed E-state index contributed by atoms with van der Waals surface area (Å²) in [4.78, 5) is 16.6. The molecule has 2 aromatic heterocycles. The smallest absolute Gasteiger partial charge is 0.277 e. The molecule has 0 aliphatic heterocycles. The van der Waals surface area contributed by atoms with E-state index in [0.29, 0.717) is 22.3 Å². The molecule has 1 amide bonds. The van der Waals surface area contributed by atoms with Crippen molar-refractivity contribution in [2.75, 3.05) is 5.75 Å². The quantitative estimate of drug-likeness (QED) is 0.742. The molecule has 148 valence electrons. The number of nitrogens with one attached hydrogen (secondary N) is 1. The van der Waals surface area contributed by atoms with Crippen LogP contribution in [0.4, 0.5) is 0 Å². The minimum Gasteiger partial charge on any atom is -0.411 e. The predicted octanol–water partition coefficient (Wildman–Crippen LogP) is 3.94. The zero-order valence-corrected chi connectivity index (χ0v) is 17.0. The van der Waals surface area contributed by atoms with Crippen LogP contribution in [0.5, 0.6) is 0 Å². The Hall–Kier alpha value is -1.89. The molecule has 0 spiro atoms. The number of carbonyl (C=O) groups excluding carboxylic acids is 1. The number of pyridine rings is 1. The van der Waals surface area contributed by atoms with Gasteiger partial charge in [-0.1, -0.05) is 11.8 Å². The van der Waals surface area contributed by atoms with E-state index in [1.165, 1.54) is 50.3 Å². The molecule has 7 heteroatoms. The van der Waals surface area contributed by atoms with Gasteiger partial charge in [-0.05, 0) is 80.8 Å². The first-order valence-electron chi connectivity index (χ1n) is 10.3. The highest BCUT2D eigenvalue weighted by Crippen LogP contribution is 2.61. The number of nitrogens with zero attached hydrogens (tertiary/aromatic N) is 3. The Morgan fingerprint density at radius 2 is 1.96 bits per heavy atom. The number of hydrogen-bond acceptors (Lipinski definition) is 6. The third-order valence-corrected chi connectivity index (χ3v) is 7.84. The van der Waals surface area contributed by atoms with Crippen molar-refractivity contribution in [2.45, 2.75) is 56.7 Å². The molecule has 4 aliphatic rings. The molecular weight excluding hydrogens is 372 g/mol. The first-order valence-corrected chi connectivity index (χ1v) is 11.2. The summed E-state index contributed by atoms with van der Waals surface area (Å²) in [5, 5.41) is 11.8. The average molecular weight is 399 g/mol. The highest BCUT2D eigenvalue weighted by molar-refractivity contribution is 7.99. The van der Waals surface area contributed by atoms with Crippen molar-refractivity contribution in [3.63, 3.8) is 0 Å². The Morgan fingerprint density at radius 1 is 1.25 bits per heavy atom. The van der Waals surface area contributed by atoms with Crippen molar-refractivity contribution in [2.24, 2.45) is 23.2 Å². The maximum Gasteiger partial charge on any atom is 0.277 e. The Kier molecular flexibility index (Phi) is 4.65. The number of rotatable bonds is 6. The molecule has 4 aliphatic carbocycles. The van der Waals surface area contributed by atoms with Gasteiger partial charge in [-0.3, -0.25) is 9.78 Å². The fourth-order valence-electron chi connectivity index (χ4n) is 6.15. The molecule has 0 unspecified atom stereocenters. The van der Waals surface area contributed by atoms with E-state index in [-0.39, 0.29) is 11.9 Å². The van der Waals surface area contributed by atoms with Gasteiger partial charge in [0.05, 0.1) is 11.3 Å². The molecule has 6 nitrogen and oxygen atoms in total. The van der Waals surface area contributed by atoms with E-state index in [4.69, 9.17) is 4.42 Å². The lowest BCUT2D eigenvalue weighted by Gasteiger charge is -2.59. The lowest BCUT2D eigenvalue weighted by molar-refractivity contribution is -0.123. The van der Waals surface area contributed by atoms with Gasteiger partial charge < -0.3 is 9.73 Å². The van der Waals surface area contributed by atoms with Crippen LogP contribution in [-0.2, 0) is 4.79 Å². The van der Waals surface area contributed by atoms with Crippen LogP contribution in [0.25, 0.3) is 11.5 Å². The second kappa shape index (κ2) is 7.17. The van der Waals surface area contributed by atoms with Crippen LogP contribution in [0.1, 0.15) is 45.4 Å². The summed E-state index contributed by atoms with van der Waals surface area (Å²) in [5.74, 6) is 3.45. The van der Waals surface area contributed by atoms with E-state index in [0.717, 1.165) is 23.3 Å². The van der Waals surface area contributed by atoms with Gasteiger partial charge in [-0.2, -0.15) is 0 Å². The van der Waals surface area contributed by atoms with Crippen LogP contribution < -0.4 is 5.32 Å². The SMILES string of the molecule is C[C@H](NC(=O)CSc1nnc(-c2cccnc2)o1)C12CC3CC(CC(C3)C1)C2. The summed E-state index contributed by atoms with van der Waals surface area (Å²) in [5.41, 5.74) is 1.11. The molecule has 28 heavy (non-hydrogen) atoms. The summed E-state index contributed by atoms with van der Waals surface area (Å²) < 4.78 is 5.65. The van der Waals surface area contributed by atoms with Crippen molar-refractivity contribution < 1.29 is 9.21 Å². The maximum atomic E-state index is 12.6. The zero-order chi connectivity index (χ0) is 19.1. The average Bonchev–Trinajstić information content (AvgIpc) is 3.15. The lowest BCUT2D eigenvalue weighted by Crippen LogP contribution is -2.56. The van der Waals surface area contributed by atoms with E-state index in [2.05, 4.69) is 27.4 Å². The third kappa shape index (κ3) is 3.45. The molecule has 6 rings (SSSR count). The van der Waals surface area contributed by atoms with Crippen molar-refractivity contribution >= 4 is 17.7 Å². The number of amides is 1. The van der Waals surface area contributed by atoms with Gasteiger partial charge in [0.2, 0.25) is 11.8 Å². The van der Waals surface area contributed by atoms with E-state index in [9.17, 15) is 4.79 Å². The van der Waals surface area contributed by atoms with Crippen LogP contribution in [0, 0.1) is 23.2 Å². The predicted molar refractivity (Wildman–Crippen MR) is 106 cm³/mol.